The molecule has 0 radical (unpaired) electrons. The Kier molecular flexibility index (Phi) is 6.26. The molecule has 7 heteroatoms. The van der Waals surface area contributed by atoms with Crippen LogP contribution in [0.4, 0.5) is 0 Å². The lowest BCUT2D eigenvalue weighted by molar-refractivity contribution is -0.134. The number of rotatable bonds is 7. The van der Waals surface area contributed by atoms with E-state index in [0.717, 1.165) is 12.1 Å². The molecule has 0 aliphatic carbocycles. The maximum atomic E-state index is 11.9. The number of carbonyl (C=O) groups excluding carboxylic acids is 1. The zero-order chi connectivity index (χ0) is 16.0. The van der Waals surface area contributed by atoms with Gasteiger partial charge in [0.1, 0.15) is 0 Å². The van der Waals surface area contributed by atoms with Crippen LogP contribution in [0.15, 0.2) is 11.4 Å². The van der Waals surface area contributed by atoms with Gasteiger partial charge in [-0.25, -0.2) is 4.98 Å². The molecule has 1 amide bonds. The van der Waals surface area contributed by atoms with Gasteiger partial charge in [-0.05, 0) is 27.2 Å². The molecule has 118 valence electrons. The fraction of sp³-hybridized carbons (Fsp3) is 0.643. The van der Waals surface area contributed by atoms with Crippen LogP contribution in [0.3, 0.4) is 0 Å². The minimum absolute atomic E-state index is 0.0209. The molecule has 0 spiro atoms. The number of hydrogen-bond acceptors (Lipinski definition) is 4. The van der Waals surface area contributed by atoms with E-state index >= 15 is 0 Å². The summed E-state index contributed by atoms with van der Waals surface area (Å²) < 4.78 is 1.93. The molecule has 0 atom stereocenters. The van der Waals surface area contributed by atoms with Gasteiger partial charge in [0.2, 0.25) is 5.91 Å². The van der Waals surface area contributed by atoms with Crippen LogP contribution < -0.4 is 5.32 Å². The van der Waals surface area contributed by atoms with Crippen molar-refractivity contribution in [2.24, 2.45) is 0 Å². The van der Waals surface area contributed by atoms with E-state index in [0.29, 0.717) is 18.1 Å². The van der Waals surface area contributed by atoms with Crippen LogP contribution in [-0.4, -0.2) is 37.8 Å². The second-order valence-electron chi connectivity index (χ2n) is 5.77. The van der Waals surface area contributed by atoms with Crippen molar-refractivity contribution in [3.63, 3.8) is 0 Å². The maximum Gasteiger partial charge on any atom is 0.313 e. The summed E-state index contributed by atoms with van der Waals surface area (Å²) in [6.07, 6.45) is 2.88. The van der Waals surface area contributed by atoms with E-state index in [1.54, 1.807) is 6.20 Å². The molecule has 1 heterocycles. The van der Waals surface area contributed by atoms with Crippen molar-refractivity contribution in [1.29, 1.82) is 0 Å². The highest BCUT2D eigenvalue weighted by Crippen LogP contribution is 2.19. The summed E-state index contributed by atoms with van der Waals surface area (Å²) in [6, 6.07) is 0. The number of amides is 1. The Balaban J connectivity index is 2.69. The summed E-state index contributed by atoms with van der Waals surface area (Å²) in [5, 5.41) is 12.3. The molecular weight excluding hydrogens is 290 g/mol. The summed E-state index contributed by atoms with van der Waals surface area (Å²) in [4.78, 5) is 26.8. The van der Waals surface area contributed by atoms with E-state index < -0.39 is 5.97 Å². The van der Waals surface area contributed by atoms with Crippen LogP contribution in [0.1, 0.15) is 39.8 Å². The number of nitrogens with one attached hydrogen (secondary N) is 1. The predicted molar refractivity (Wildman–Crippen MR) is 82.5 cm³/mol. The molecular formula is C14H23N3O3S. The minimum atomic E-state index is -0.877. The van der Waals surface area contributed by atoms with Gasteiger partial charge >= 0.3 is 5.97 Å². The number of carboxylic acid groups (broad SMARTS) is 1. The lowest BCUT2D eigenvalue weighted by Gasteiger charge is -2.20. The number of hydrogen-bond donors (Lipinski definition) is 2. The quantitative estimate of drug-likeness (QED) is 0.751. The number of aliphatic carboxylic acids is 1. The lowest BCUT2D eigenvalue weighted by Crippen LogP contribution is -2.40. The largest absolute Gasteiger partial charge is 0.481 e. The van der Waals surface area contributed by atoms with Crippen molar-refractivity contribution in [1.82, 2.24) is 14.9 Å². The summed E-state index contributed by atoms with van der Waals surface area (Å²) in [6.45, 7) is 8.33. The zero-order valence-electron chi connectivity index (χ0n) is 13.0. The monoisotopic (exact) mass is 313 g/mol. The van der Waals surface area contributed by atoms with E-state index in [2.05, 4.69) is 10.3 Å². The number of imidazole rings is 1. The topological polar surface area (TPSA) is 84.2 Å². The van der Waals surface area contributed by atoms with Gasteiger partial charge in [-0.1, -0.05) is 18.7 Å². The molecule has 1 aromatic heterocycles. The molecule has 0 bridgehead atoms. The van der Waals surface area contributed by atoms with Crippen LogP contribution >= 0.6 is 11.8 Å². The fourth-order valence-corrected chi connectivity index (χ4v) is 2.59. The van der Waals surface area contributed by atoms with Gasteiger partial charge in [-0.3, -0.25) is 9.59 Å². The van der Waals surface area contributed by atoms with Crippen LogP contribution in [-0.2, 0) is 22.6 Å². The molecule has 0 aliphatic heterocycles. The van der Waals surface area contributed by atoms with Gasteiger partial charge in [0, 0.05) is 30.4 Å². The Bertz CT molecular complexity index is 506. The van der Waals surface area contributed by atoms with Crippen LogP contribution in [0.5, 0.6) is 0 Å². The first kappa shape index (κ1) is 17.6. The van der Waals surface area contributed by atoms with Gasteiger partial charge in [0.25, 0.3) is 0 Å². The van der Waals surface area contributed by atoms with Crippen molar-refractivity contribution in [3.05, 3.63) is 11.9 Å². The summed E-state index contributed by atoms with van der Waals surface area (Å²) in [7, 11) is 0. The average molecular weight is 313 g/mol. The fourth-order valence-electron chi connectivity index (χ4n) is 1.85. The summed E-state index contributed by atoms with van der Waals surface area (Å²) in [5.41, 5.74) is 0.756. The number of nitrogens with zero attached hydrogens (tertiary/aromatic N) is 2. The average Bonchev–Trinajstić information content (AvgIpc) is 2.73. The number of carboxylic acids is 1. The third kappa shape index (κ3) is 6.20. The molecule has 0 fully saturated rings. The van der Waals surface area contributed by atoms with Gasteiger partial charge < -0.3 is 15.0 Å². The molecule has 0 aliphatic rings. The Morgan fingerprint density at radius 1 is 1.43 bits per heavy atom. The molecule has 21 heavy (non-hydrogen) atoms. The van der Waals surface area contributed by atoms with Crippen LogP contribution in [0.25, 0.3) is 0 Å². The van der Waals surface area contributed by atoms with Crippen LogP contribution in [0.2, 0.25) is 0 Å². The predicted octanol–water partition coefficient (Wildman–Crippen LogP) is 1.93. The second-order valence-corrected chi connectivity index (χ2v) is 6.71. The van der Waals surface area contributed by atoms with Gasteiger partial charge in [-0.15, -0.1) is 0 Å². The lowest BCUT2D eigenvalue weighted by atomic mass is 10.1. The van der Waals surface area contributed by atoms with Gasteiger partial charge in [0.05, 0.1) is 5.75 Å². The van der Waals surface area contributed by atoms with Crippen molar-refractivity contribution in [2.75, 3.05) is 5.75 Å². The van der Waals surface area contributed by atoms with E-state index in [9.17, 15) is 9.59 Å². The van der Waals surface area contributed by atoms with E-state index in [1.807, 2.05) is 32.3 Å². The second kappa shape index (κ2) is 7.49. The molecule has 0 aromatic carbocycles. The SMILES string of the molecule is CCc1cnc(SCC(=O)O)n1CCC(=O)NC(C)(C)C. The van der Waals surface area contributed by atoms with Crippen molar-refractivity contribution < 1.29 is 14.7 Å². The molecule has 2 N–H and O–H groups in total. The molecule has 0 unspecified atom stereocenters. The Morgan fingerprint density at radius 3 is 2.62 bits per heavy atom. The van der Waals surface area contributed by atoms with E-state index in [1.165, 1.54) is 11.8 Å². The standard InChI is InChI=1S/C14H23N3O3S/c1-5-10-8-15-13(21-9-12(19)20)17(10)7-6-11(18)16-14(2,3)4/h8H,5-7,9H2,1-4H3,(H,16,18)(H,19,20). The highest BCUT2D eigenvalue weighted by Gasteiger charge is 2.16. The van der Waals surface area contributed by atoms with Crippen molar-refractivity contribution in [3.8, 4) is 0 Å². The highest BCUT2D eigenvalue weighted by atomic mass is 32.2. The molecule has 1 rings (SSSR count). The highest BCUT2D eigenvalue weighted by molar-refractivity contribution is 7.99. The Labute approximate surface area is 129 Å². The first-order chi connectivity index (χ1) is 9.73. The third-order valence-electron chi connectivity index (χ3n) is 2.67. The zero-order valence-corrected chi connectivity index (χ0v) is 13.8. The number of aromatic nitrogens is 2. The van der Waals surface area contributed by atoms with Crippen molar-refractivity contribution >= 4 is 23.6 Å². The molecule has 0 saturated carbocycles. The van der Waals surface area contributed by atoms with E-state index in [4.69, 9.17) is 5.11 Å². The normalized spacial score (nSPS) is 11.4. The molecule has 1 aromatic rings. The number of aryl methyl sites for hydroxylation is 1. The Morgan fingerprint density at radius 2 is 2.10 bits per heavy atom. The van der Waals surface area contributed by atoms with E-state index in [-0.39, 0.29) is 17.2 Å². The van der Waals surface area contributed by atoms with Crippen LogP contribution in [0, 0.1) is 0 Å². The first-order valence-corrected chi connectivity index (χ1v) is 7.91. The first-order valence-electron chi connectivity index (χ1n) is 6.93. The summed E-state index contributed by atoms with van der Waals surface area (Å²) in [5.74, 6) is -0.931. The molecule has 6 nitrogen and oxygen atoms in total. The minimum Gasteiger partial charge on any atom is -0.481 e. The summed E-state index contributed by atoms with van der Waals surface area (Å²) >= 11 is 1.18. The smallest absolute Gasteiger partial charge is 0.313 e. The van der Waals surface area contributed by atoms with Crippen molar-refractivity contribution in [2.45, 2.75) is 57.8 Å². The third-order valence-corrected chi connectivity index (χ3v) is 3.64. The Hall–Kier alpha value is -1.50. The number of thioether (sulfide) groups is 1. The molecule has 0 saturated heterocycles. The number of carbonyl (C=O) groups is 2. The van der Waals surface area contributed by atoms with Gasteiger partial charge in [-0.2, -0.15) is 0 Å². The van der Waals surface area contributed by atoms with Gasteiger partial charge in [0.15, 0.2) is 5.16 Å². The maximum absolute atomic E-state index is 11.9.